The molecule has 3 saturated carbocycles. The number of allylic oxidation sites excluding steroid dienone is 1. The van der Waals surface area contributed by atoms with E-state index in [4.69, 9.17) is 0 Å². The van der Waals surface area contributed by atoms with Gasteiger partial charge in [-0.2, -0.15) is 0 Å². The maximum Gasteiger partial charge on any atom is 0.222 e. The lowest BCUT2D eigenvalue weighted by atomic mass is 9.47. The van der Waals surface area contributed by atoms with Crippen molar-refractivity contribution in [2.75, 3.05) is 13.1 Å². The van der Waals surface area contributed by atoms with Gasteiger partial charge in [0.15, 0.2) is 0 Å². The van der Waals surface area contributed by atoms with Crippen LogP contribution >= 0.6 is 0 Å². The van der Waals surface area contributed by atoms with Crippen molar-refractivity contribution in [3.63, 3.8) is 0 Å². The second-order valence-corrected chi connectivity index (χ2v) is 14.5. The van der Waals surface area contributed by atoms with Crippen molar-refractivity contribution in [3.8, 4) is 0 Å². The molecule has 5 aliphatic rings. The lowest BCUT2D eigenvalue weighted by Crippen LogP contribution is -2.51. The number of nitrogens with zero attached hydrogens (tertiary/aromatic N) is 1. The SMILES string of the molecule is CC(CCC(=O)N1CCC(O)(C(C)C)CC1)[C@H]1CC[C@H]2[C@@H]3CC=C4C[C@@H](O)CC[C@]4(C)[C@H]3CC[C@]12C. The van der Waals surface area contributed by atoms with E-state index in [2.05, 4.69) is 40.7 Å². The average Bonchev–Trinajstić information content (AvgIpc) is 3.20. The van der Waals surface area contributed by atoms with Crippen LogP contribution in [0.15, 0.2) is 11.6 Å². The molecule has 0 aromatic heterocycles. The van der Waals surface area contributed by atoms with Crippen LogP contribution in [0.4, 0.5) is 0 Å². The normalized spacial score (nSPS) is 42.8. The molecule has 4 aliphatic carbocycles. The van der Waals surface area contributed by atoms with Gasteiger partial charge in [-0.1, -0.05) is 46.3 Å². The summed E-state index contributed by atoms with van der Waals surface area (Å²) in [6.45, 7) is 13.1. The van der Waals surface area contributed by atoms with Gasteiger partial charge in [-0.25, -0.2) is 0 Å². The molecule has 0 aromatic carbocycles. The second-order valence-electron chi connectivity index (χ2n) is 14.5. The van der Waals surface area contributed by atoms with Gasteiger partial charge in [-0.05, 0) is 117 Å². The molecular formula is C32H53NO3. The predicted molar refractivity (Wildman–Crippen MR) is 145 cm³/mol. The fourth-order valence-corrected chi connectivity index (χ4v) is 10.0. The Hall–Kier alpha value is -0.870. The molecule has 1 saturated heterocycles. The lowest BCUT2D eigenvalue weighted by molar-refractivity contribution is -0.137. The molecule has 0 radical (unpaired) electrons. The number of carbonyl (C=O) groups excluding carboxylic acids is 1. The zero-order valence-corrected chi connectivity index (χ0v) is 23.8. The van der Waals surface area contributed by atoms with Crippen molar-refractivity contribution in [2.24, 2.45) is 46.3 Å². The summed E-state index contributed by atoms with van der Waals surface area (Å²) in [5, 5.41) is 21.1. The summed E-state index contributed by atoms with van der Waals surface area (Å²) in [5.74, 6) is 4.29. The molecule has 0 bridgehead atoms. The van der Waals surface area contributed by atoms with Crippen LogP contribution in [0.1, 0.15) is 112 Å². The highest BCUT2D eigenvalue weighted by Gasteiger charge is 2.59. The average molecular weight is 500 g/mol. The standard InChI is InChI=1S/C32H53NO3/c1-21(2)32(36)16-18-33(19-17-32)29(35)11-6-22(3)26-9-10-27-25-8-7-23-20-24(34)12-14-30(23,4)28(25)13-15-31(26,27)5/h7,21-22,24-28,34,36H,6,8-20H2,1-5H3/t22?,24-,25-,26+,27-,28-,30-,31+/m0/s1. The van der Waals surface area contributed by atoms with E-state index in [9.17, 15) is 15.0 Å². The van der Waals surface area contributed by atoms with Gasteiger partial charge < -0.3 is 15.1 Å². The molecular weight excluding hydrogens is 446 g/mol. The van der Waals surface area contributed by atoms with Crippen molar-refractivity contribution < 1.29 is 15.0 Å². The quantitative estimate of drug-likeness (QED) is 0.433. The molecule has 1 unspecified atom stereocenters. The second kappa shape index (κ2) is 9.70. The zero-order chi connectivity index (χ0) is 25.9. The number of fused-ring (bicyclic) bond motifs is 5. The number of rotatable bonds is 5. The molecule has 4 heteroatoms. The Labute approximate surface area is 220 Å². The highest BCUT2D eigenvalue weighted by Crippen LogP contribution is 2.67. The molecule has 36 heavy (non-hydrogen) atoms. The third kappa shape index (κ3) is 4.40. The summed E-state index contributed by atoms with van der Waals surface area (Å²) >= 11 is 0. The number of aliphatic hydroxyl groups is 2. The fraction of sp³-hybridized carbons (Fsp3) is 0.906. The smallest absolute Gasteiger partial charge is 0.222 e. The molecule has 2 N–H and O–H groups in total. The third-order valence-electron chi connectivity index (χ3n) is 12.7. The highest BCUT2D eigenvalue weighted by atomic mass is 16.3. The number of carbonyl (C=O) groups is 1. The van der Waals surface area contributed by atoms with Crippen molar-refractivity contribution in [1.82, 2.24) is 4.90 Å². The summed E-state index contributed by atoms with van der Waals surface area (Å²) in [6.07, 6.45) is 15.2. The number of amides is 1. The molecule has 5 rings (SSSR count). The van der Waals surface area contributed by atoms with Crippen molar-refractivity contribution in [1.29, 1.82) is 0 Å². The van der Waals surface area contributed by atoms with Gasteiger partial charge >= 0.3 is 0 Å². The van der Waals surface area contributed by atoms with E-state index >= 15 is 0 Å². The molecule has 0 spiro atoms. The van der Waals surface area contributed by atoms with Gasteiger partial charge in [0.2, 0.25) is 5.91 Å². The van der Waals surface area contributed by atoms with Crippen LogP contribution in [0.3, 0.4) is 0 Å². The van der Waals surface area contributed by atoms with Crippen LogP contribution in [0.5, 0.6) is 0 Å². The van der Waals surface area contributed by atoms with Crippen molar-refractivity contribution >= 4 is 5.91 Å². The Balaban J connectivity index is 1.19. The molecule has 4 nitrogen and oxygen atoms in total. The summed E-state index contributed by atoms with van der Waals surface area (Å²) in [4.78, 5) is 15.1. The van der Waals surface area contributed by atoms with E-state index in [0.29, 0.717) is 55.0 Å². The summed E-state index contributed by atoms with van der Waals surface area (Å²) in [5.41, 5.74) is 1.70. The molecule has 204 valence electrons. The molecule has 1 heterocycles. The first-order valence-corrected chi connectivity index (χ1v) is 15.4. The summed E-state index contributed by atoms with van der Waals surface area (Å²) < 4.78 is 0. The minimum atomic E-state index is -0.597. The number of likely N-dealkylation sites (tertiary alicyclic amines) is 1. The van der Waals surface area contributed by atoms with E-state index in [1.807, 2.05) is 4.90 Å². The zero-order valence-electron chi connectivity index (χ0n) is 23.8. The van der Waals surface area contributed by atoms with Gasteiger partial charge in [-0.3, -0.25) is 4.79 Å². The van der Waals surface area contributed by atoms with E-state index in [1.54, 1.807) is 5.57 Å². The van der Waals surface area contributed by atoms with Gasteiger partial charge in [0.25, 0.3) is 0 Å². The topological polar surface area (TPSA) is 60.8 Å². The van der Waals surface area contributed by atoms with Gasteiger partial charge in [-0.15, -0.1) is 0 Å². The van der Waals surface area contributed by atoms with Crippen LogP contribution < -0.4 is 0 Å². The minimum Gasteiger partial charge on any atom is -0.393 e. The molecule has 1 amide bonds. The van der Waals surface area contributed by atoms with E-state index < -0.39 is 5.60 Å². The van der Waals surface area contributed by atoms with E-state index in [1.165, 1.54) is 32.1 Å². The minimum absolute atomic E-state index is 0.125. The Kier molecular flexibility index (Phi) is 7.20. The first-order valence-electron chi connectivity index (χ1n) is 15.4. The summed E-state index contributed by atoms with van der Waals surface area (Å²) in [7, 11) is 0. The van der Waals surface area contributed by atoms with E-state index in [-0.39, 0.29) is 12.0 Å². The first kappa shape index (κ1) is 26.7. The largest absolute Gasteiger partial charge is 0.393 e. The van der Waals surface area contributed by atoms with Gasteiger partial charge in [0, 0.05) is 19.5 Å². The van der Waals surface area contributed by atoms with E-state index in [0.717, 1.165) is 49.4 Å². The predicted octanol–water partition coefficient (Wildman–Crippen LogP) is 6.35. The number of hydrogen-bond donors (Lipinski definition) is 2. The Morgan fingerprint density at radius 3 is 2.44 bits per heavy atom. The Bertz CT molecular complexity index is 857. The van der Waals surface area contributed by atoms with Crippen LogP contribution in [0, 0.1) is 46.3 Å². The maximum absolute atomic E-state index is 13.1. The lowest BCUT2D eigenvalue weighted by Gasteiger charge is -2.58. The highest BCUT2D eigenvalue weighted by molar-refractivity contribution is 5.76. The Morgan fingerprint density at radius 2 is 1.75 bits per heavy atom. The monoisotopic (exact) mass is 499 g/mol. The molecule has 8 atom stereocenters. The van der Waals surface area contributed by atoms with Crippen LogP contribution in [-0.2, 0) is 4.79 Å². The molecule has 4 fully saturated rings. The van der Waals surface area contributed by atoms with Crippen molar-refractivity contribution in [2.45, 2.75) is 123 Å². The van der Waals surface area contributed by atoms with Gasteiger partial charge in [0.1, 0.15) is 0 Å². The number of hydrogen-bond acceptors (Lipinski definition) is 3. The summed E-state index contributed by atoms with van der Waals surface area (Å²) in [6, 6.07) is 0. The Morgan fingerprint density at radius 1 is 1.03 bits per heavy atom. The number of aliphatic hydroxyl groups excluding tert-OH is 1. The molecule has 1 aliphatic heterocycles. The maximum atomic E-state index is 13.1. The fourth-order valence-electron chi connectivity index (χ4n) is 10.0. The van der Waals surface area contributed by atoms with Crippen LogP contribution in [-0.4, -0.2) is 45.8 Å². The third-order valence-corrected chi connectivity index (χ3v) is 12.7. The first-order chi connectivity index (χ1) is 17.0. The van der Waals surface area contributed by atoms with Crippen LogP contribution in [0.2, 0.25) is 0 Å². The van der Waals surface area contributed by atoms with Gasteiger partial charge in [0.05, 0.1) is 11.7 Å². The number of piperidine rings is 1. The molecule has 0 aromatic rings. The van der Waals surface area contributed by atoms with Crippen molar-refractivity contribution in [3.05, 3.63) is 11.6 Å². The van der Waals surface area contributed by atoms with Crippen LogP contribution in [0.25, 0.3) is 0 Å².